The van der Waals surface area contributed by atoms with Crippen molar-refractivity contribution in [3.05, 3.63) is 6.33 Å². The highest BCUT2D eigenvalue weighted by atomic mass is 32.2. The fraction of sp³-hybridized carbons (Fsp3) is 0.583. The Balaban J connectivity index is 2.41. The van der Waals surface area contributed by atoms with Gasteiger partial charge in [0.15, 0.2) is 11.5 Å². The number of aromatic amines is 1. The van der Waals surface area contributed by atoms with Crippen LogP contribution in [0, 0.1) is 0 Å². The van der Waals surface area contributed by atoms with Gasteiger partial charge in [-0.15, -0.1) is 0 Å². The molecule has 1 unspecified atom stereocenters. The first-order valence-corrected chi connectivity index (χ1v) is 7.73. The summed E-state index contributed by atoms with van der Waals surface area (Å²) in [7, 11) is 2.05. The summed E-state index contributed by atoms with van der Waals surface area (Å²) in [6.07, 6.45) is 3.77. The second kappa shape index (κ2) is 6.10. The molecule has 0 amide bonds. The third kappa shape index (κ3) is 2.91. The van der Waals surface area contributed by atoms with Crippen LogP contribution in [0.15, 0.2) is 6.33 Å². The molecule has 7 heteroatoms. The van der Waals surface area contributed by atoms with E-state index < -0.39 is 0 Å². The van der Waals surface area contributed by atoms with E-state index in [1.165, 1.54) is 0 Å². The molecule has 2 heterocycles. The van der Waals surface area contributed by atoms with Crippen LogP contribution in [0.3, 0.4) is 0 Å². The van der Waals surface area contributed by atoms with E-state index in [0.717, 1.165) is 23.6 Å². The largest absolute Gasteiger partial charge is 0.354 e. The predicted octanol–water partition coefficient (Wildman–Crippen LogP) is 1.97. The normalized spacial score (nSPS) is 12.6. The third-order valence-corrected chi connectivity index (χ3v) is 3.82. The van der Waals surface area contributed by atoms with Gasteiger partial charge in [-0.2, -0.15) is 21.7 Å². The first kappa shape index (κ1) is 13.9. The van der Waals surface area contributed by atoms with Crippen LogP contribution in [-0.2, 0) is 0 Å². The maximum Gasteiger partial charge on any atom is 0.226 e. The van der Waals surface area contributed by atoms with Crippen LogP contribution in [-0.4, -0.2) is 51.6 Å². The molecular weight excluding hydrogens is 260 g/mol. The Morgan fingerprint density at radius 2 is 2.26 bits per heavy atom. The lowest BCUT2D eigenvalue weighted by Crippen LogP contribution is -2.32. The van der Waals surface area contributed by atoms with Gasteiger partial charge in [-0.25, -0.2) is 4.98 Å². The van der Waals surface area contributed by atoms with Gasteiger partial charge < -0.3 is 15.2 Å². The van der Waals surface area contributed by atoms with Gasteiger partial charge in [0.1, 0.15) is 5.52 Å². The Kier molecular flexibility index (Phi) is 4.47. The molecule has 2 N–H and O–H groups in total. The number of aromatic nitrogens is 4. The summed E-state index contributed by atoms with van der Waals surface area (Å²) in [5.74, 6) is 2.56. The molecule has 0 aromatic carbocycles. The van der Waals surface area contributed by atoms with Crippen LogP contribution < -0.4 is 10.2 Å². The smallest absolute Gasteiger partial charge is 0.226 e. The van der Waals surface area contributed by atoms with Crippen molar-refractivity contribution in [2.75, 3.05) is 35.8 Å². The Hall–Kier alpha value is -1.50. The van der Waals surface area contributed by atoms with Crippen LogP contribution in [0.5, 0.6) is 0 Å². The number of anilines is 2. The number of thioether (sulfide) groups is 1. The Morgan fingerprint density at radius 1 is 1.47 bits per heavy atom. The van der Waals surface area contributed by atoms with Gasteiger partial charge >= 0.3 is 0 Å². The average molecular weight is 280 g/mol. The van der Waals surface area contributed by atoms with E-state index in [-0.39, 0.29) is 0 Å². The van der Waals surface area contributed by atoms with Crippen LogP contribution >= 0.6 is 11.8 Å². The topological polar surface area (TPSA) is 69.7 Å². The van der Waals surface area contributed by atoms with Crippen molar-refractivity contribution in [1.82, 2.24) is 19.9 Å². The molecule has 19 heavy (non-hydrogen) atoms. The monoisotopic (exact) mass is 280 g/mol. The van der Waals surface area contributed by atoms with Crippen molar-refractivity contribution in [2.45, 2.75) is 19.9 Å². The highest BCUT2D eigenvalue weighted by Crippen LogP contribution is 2.23. The molecule has 0 saturated heterocycles. The summed E-state index contributed by atoms with van der Waals surface area (Å²) in [6, 6.07) is 0.394. The molecule has 2 aromatic rings. The minimum atomic E-state index is 0.394. The zero-order chi connectivity index (χ0) is 13.8. The van der Waals surface area contributed by atoms with Crippen LogP contribution in [0.4, 0.5) is 11.8 Å². The van der Waals surface area contributed by atoms with Crippen LogP contribution in [0.1, 0.15) is 13.8 Å². The lowest BCUT2D eigenvalue weighted by molar-refractivity contribution is 0.755. The number of hydrogen-bond donors (Lipinski definition) is 2. The molecule has 0 aliphatic heterocycles. The fourth-order valence-electron chi connectivity index (χ4n) is 1.87. The SMILES string of the molecule is CCNc1nc(N(C)C(C)CSC)c2[nH]cnc2n1. The minimum Gasteiger partial charge on any atom is -0.354 e. The summed E-state index contributed by atoms with van der Waals surface area (Å²) in [4.78, 5) is 18.5. The summed E-state index contributed by atoms with van der Waals surface area (Å²) >= 11 is 1.83. The number of nitrogens with one attached hydrogen (secondary N) is 2. The van der Waals surface area contributed by atoms with E-state index in [9.17, 15) is 0 Å². The van der Waals surface area contributed by atoms with Crippen molar-refractivity contribution in [3.8, 4) is 0 Å². The molecule has 0 fully saturated rings. The number of imidazole rings is 1. The van der Waals surface area contributed by atoms with E-state index >= 15 is 0 Å². The fourth-order valence-corrected chi connectivity index (χ4v) is 2.58. The number of hydrogen-bond acceptors (Lipinski definition) is 6. The summed E-state index contributed by atoms with van der Waals surface area (Å²) in [5, 5.41) is 3.15. The molecule has 0 aliphatic rings. The van der Waals surface area contributed by atoms with Crippen LogP contribution in [0.2, 0.25) is 0 Å². The summed E-state index contributed by atoms with van der Waals surface area (Å²) in [5.41, 5.74) is 1.58. The molecule has 2 rings (SSSR count). The number of H-pyrrole nitrogens is 1. The molecular formula is C12H20N6S. The molecule has 2 aromatic heterocycles. The van der Waals surface area contributed by atoms with Gasteiger partial charge in [0.05, 0.1) is 6.33 Å². The highest BCUT2D eigenvalue weighted by molar-refractivity contribution is 7.98. The standard InChI is InChI=1S/C12H20N6S/c1-5-13-12-16-10-9(14-7-15-10)11(17-12)18(3)8(2)6-19-4/h7-8H,5-6H2,1-4H3,(H2,13,14,15,16,17). The van der Waals surface area contributed by atoms with Crippen molar-refractivity contribution in [2.24, 2.45) is 0 Å². The number of rotatable bonds is 6. The quantitative estimate of drug-likeness (QED) is 0.843. The van der Waals surface area contributed by atoms with Crippen molar-refractivity contribution in [3.63, 3.8) is 0 Å². The molecule has 0 aliphatic carbocycles. The Morgan fingerprint density at radius 3 is 2.95 bits per heavy atom. The number of fused-ring (bicyclic) bond motifs is 1. The van der Waals surface area contributed by atoms with Crippen LogP contribution in [0.25, 0.3) is 11.2 Å². The zero-order valence-corrected chi connectivity index (χ0v) is 12.6. The van der Waals surface area contributed by atoms with E-state index in [0.29, 0.717) is 17.6 Å². The minimum absolute atomic E-state index is 0.394. The van der Waals surface area contributed by atoms with Gasteiger partial charge in [0.25, 0.3) is 0 Å². The Labute approximate surface area is 117 Å². The van der Waals surface area contributed by atoms with Gasteiger partial charge in [-0.1, -0.05) is 0 Å². The molecule has 0 saturated carbocycles. The second-order valence-electron chi connectivity index (χ2n) is 4.42. The zero-order valence-electron chi connectivity index (χ0n) is 11.8. The first-order valence-electron chi connectivity index (χ1n) is 6.34. The molecule has 0 bridgehead atoms. The maximum atomic E-state index is 4.59. The molecule has 6 nitrogen and oxygen atoms in total. The van der Waals surface area contributed by atoms with E-state index in [4.69, 9.17) is 0 Å². The second-order valence-corrected chi connectivity index (χ2v) is 5.33. The average Bonchev–Trinajstić information content (AvgIpc) is 2.85. The van der Waals surface area contributed by atoms with Gasteiger partial charge in [-0.05, 0) is 20.1 Å². The summed E-state index contributed by atoms with van der Waals surface area (Å²) < 4.78 is 0. The summed E-state index contributed by atoms with van der Waals surface area (Å²) in [6.45, 7) is 5.00. The maximum absolute atomic E-state index is 4.59. The van der Waals surface area contributed by atoms with Crippen molar-refractivity contribution in [1.29, 1.82) is 0 Å². The molecule has 0 radical (unpaired) electrons. The number of nitrogens with zero attached hydrogens (tertiary/aromatic N) is 4. The van der Waals surface area contributed by atoms with E-state index in [2.05, 4.69) is 50.4 Å². The third-order valence-electron chi connectivity index (χ3n) is 3.00. The van der Waals surface area contributed by atoms with Gasteiger partial charge in [0, 0.05) is 25.4 Å². The highest BCUT2D eigenvalue weighted by Gasteiger charge is 2.17. The first-order chi connectivity index (χ1) is 9.17. The van der Waals surface area contributed by atoms with Gasteiger partial charge in [0.2, 0.25) is 5.95 Å². The lowest BCUT2D eigenvalue weighted by Gasteiger charge is -2.25. The predicted molar refractivity (Wildman–Crippen MR) is 82.1 cm³/mol. The van der Waals surface area contributed by atoms with E-state index in [1.54, 1.807) is 6.33 Å². The molecule has 104 valence electrons. The lowest BCUT2D eigenvalue weighted by atomic mass is 10.3. The molecule has 0 spiro atoms. The van der Waals surface area contributed by atoms with E-state index in [1.807, 2.05) is 18.7 Å². The molecule has 1 atom stereocenters. The van der Waals surface area contributed by atoms with Crippen molar-refractivity contribution < 1.29 is 0 Å². The Bertz CT molecular complexity index is 540. The van der Waals surface area contributed by atoms with Crippen molar-refractivity contribution >= 4 is 34.7 Å². The van der Waals surface area contributed by atoms with Gasteiger partial charge in [-0.3, -0.25) is 0 Å².